The normalized spacial score (nSPS) is 30.6. The first-order valence-corrected chi connectivity index (χ1v) is 7.63. The molecular weight excluding hydrogens is 240 g/mol. The van der Waals surface area contributed by atoms with E-state index in [1.54, 1.807) is 0 Å². The van der Waals surface area contributed by atoms with Crippen molar-refractivity contribution < 1.29 is 9.47 Å². The van der Waals surface area contributed by atoms with Gasteiger partial charge in [0.1, 0.15) is 0 Å². The molecule has 2 rings (SSSR count). The molecule has 0 aromatic carbocycles. The Hall–Kier alpha value is -0.160. The van der Waals surface area contributed by atoms with Gasteiger partial charge in [0.15, 0.2) is 0 Å². The maximum atomic E-state index is 6.11. The summed E-state index contributed by atoms with van der Waals surface area (Å²) in [4.78, 5) is 2.49. The quantitative estimate of drug-likeness (QED) is 0.770. The molecule has 0 spiro atoms. The highest BCUT2D eigenvalue weighted by Crippen LogP contribution is 2.37. The topological polar surface area (TPSA) is 33.7 Å². The van der Waals surface area contributed by atoms with Gasteiger partial charge in [-0.05, 0) is 53.6 Å². The largest absolute Gasteiger partial charge is 0.379 e. The lowest BCUT2D eigenvalue weighted by molar-refractivity contribution is -0.0698. The van der Waals surface area contributed by atoms with Crippen molar-refractivity contribution >= 4 is 0 Å². The van der Waals surface area contributed by atoms with Crippen LogP contribution in [0.5, 0.6) is 0 Å². The summed E-state index contributed by atoms with van der Waals surface area (Å²) in [5, 5.41) is 3.68. The van der Waals surface area contributed by atoms with Crippen LogP contribution in [0.1, 0.15) is 40.5 Å². The van der Waals surface area contributed by atoms with Crippen LogP contribution in [0, 0.1) is 0 Å². The Labute approximate surface area is 117 Å². The number of rotatable bonds is 5. The standard InChI is InChI=1S/C15H30N2O2/c1-14(2)12-13(15(3,4)19-14)16-6-5-7-17-8-10-18-11-9-17/h13,16H,5-12H2,1-4H3. The molecule has 2 saturated heterocycles. The van der Waals surface area contributed by atoms with Gasteiger partial charge in [0.2, 0.25) is 0 Å². The molecule has 0 radical (unpaired) electrons. The van der Waals surface area contributed by atoms with E-state index in [9.17, 15) is 0 Å². The lowest BCUT2D eigenvalue weighted by Gasteiger charge is -2.29. The van der Waals surface area contributed by atoms with Crippen molar-refractivity contribution in [1.82, 2.24) is 10.2 Å². The Bertz CT molecular complexity index is 286. The predicted octanol–water partition coefficient (Wildman–Crippen LogP) is 1.64. The molecule has 1 atom stereocenters. The molecule has 2 aliphatic rings. The van der Waals surface area contributed by atoms with E-state index in [4.69, 9.17) is 9.47 Å². The first-order chi connectivity index (χ1) is 8.89. The van der Waals surface area contributed by atoms with Crippen LogP contribution in [-0.2, 0) is 9.47 Å². The fourth-order valence-corrected chi connectivity index (χ4v) is 3.28. The van der Waals surface area contributed by atoms with Gasteiger partial charge in [0.05, 0.1) is 24.4 Å². The molecular formula is C15H30N2O2. The second-order valence-electron chi connectivity index (χ2n) is 6.98. The smallest absolute Gasteiger partial charge is 0.0787 e. The highest BCUT2D eigenvalue weighted by atomic mass is 16.5. The summed E-state index contributed by atoms with van der Waals surface area (Å²) in [6.45, 7) is 15.0. The molecule has 112 valence electrons. The summed E-state index contributed by atoms with van der Waals surface area (Å²) in [7, 11) is 0. The summed E-state index contributed by atoms with van der Waals surface area (Å²) in [5.74, 6) is 0. The van der Waals surface area contributed by atoms with Crippen LogP contribution in [-0.4, -0.2) is 61.5 Å². The van der Waals surface area contributed by atoms with Gasteiger partial charge in [0.25, 0.3) is 0 Å². The molecule has 0 aliphatic carbocycles. The van der Waals surface area contributed by atoms with Gasteiger partial charge in [-0.25, -0.2) is 0 Å². The van der Waals surface area contributed by atoms with Crippen molar-refractivity contribution in [3.63, 3.8) is 0 Å². The van der Waals surface area contributed by atoms with Crippen molar-refractivity contribution in [2.75, 3.05) is 39.4 Å². The third kappa shape index (κ3) is 4.42. The Morgan fingerprint density at radius 3 is 2.42 bits per heavy atom. The molecule has 1 unspecified atom stereocenters. The van der Waals surface area contributed by atoms with Crippen molar-refractivity contribution in [3.05, 3.63) is 0 Å². The number of ether oxygens (including phenoxy) is 2. The van der Waals surface area contributed by atoms with E-state index >= 15 is 0 Å². The third-order valence-electron chi connectivity index (χ3n) is 4.22. The molecule has 0 aromatic rings. The zero-order chi connectivity index (χ0) is 13.9. The highest BCUT2D eigenvalue weighted by Gasteiger charge is 2.45. The molecule has 4 heteroatoms. The summed E-state index contributed by atoms with van der Waals surface area (Å²) in [6, 6.07) is 0.465. The van der Waals surface area contributed by atoms with Gasteiger partial charge in [0, 0.05) is 19.1 Å². The minimum atomic E-state index is -0.0531. The summed E-state index contributed by atoms with van der Waals surface area (Å²) >= 11 is 0. The van der Waals surface area contributed by atoms with Gasteiger partial charge in [-0.15, -0.1) is 0 Å². The number of nitrogens with zero attached hydrogens (tertiary/aromatic N) is 1. The van der Waals surface area contributed by atoms with E-state index in [0.29, 0.717) is 6.04 Å². The zero-order valence-corrected chi connectivity index (χ0v) is 13.0. The summed E-state index contributed by atoms with van der Waals surface area (Å²) in [5.41, 5.74) is -0.0478. The van der Waals surface area contributed by atoms with E-state index < -0.39 is 0 Å². The van der Waals surface area contributed by atoms with Gasteiger partial charge in [-0.1, -0.05) is 0 Å². The first-order valence-electron chi connectivity index (χ1n) is 7.63. The molecule has 4 nitrogen and oxygen atoms in total. The van der Waals surface area contributed by atoms with Gasteiger partial charge >= 0.3 is 0 Å². The van der Waals surface area contributed by atoms with Gasteiger partial charge < -0.3 is 14.8 Å². The van der Waals surface area contributed by atoms with E-state index in [1.165, 1.54) is 13.0 Å². The molecule has 0 saturated carbocycles. The van der Waals surface area contributed by atoms with Crippen LogP contribution in [0.2, 0.25) is 0 Å². The minimum Gasteiger partial charge on any atom is -0.379 e. The van der Waals surface area contributed by atoms with Crippen LogP contribution < -0.4 is 5.32 Å². The summed E-state index contributed by atoms with van der Waals surface area (Å²) < 4.78 is 11.5. The Balaban J connectivity index is 1.65. The number of hydrogen-bond acceptors (Lipinski definition) is 4. The second kappa shape index (κ2) is 6.08. The Kier molecular flexibility index (Phi) is 4.88. The monoisotopic (exact) mass is 270 g/mol. The predicted molar refractivity (Wildman–Crippen MR) is 77.5 cm³/mol. The fourth-order valence-electron chi connectivity index (χ4n) is 3.28. The van der Waals surface area contributed by atoms with Crippen molar-refractivity contribution in [3.8, 4) is 0 Å². The lowest BCUT2D eigenvalue weighted by Crippen LogP contribution is -2.44. The Morgan fingerprint density at radius 1 is 1.16 bits per heavy atom. The van der Waals surface area contributed by atoms with E-state index in [-0.39, 0.29) is 11.2 Å². The molecule has 1 N–H and O–H groups in total. The van der Waals surface area contributed by atoms with Crippen LogP contribution in [0.3, 0.4) is 0 Å². The molecule has 2 heterocycles. The highest BCUT2D eigenvalue weighted by molar-refractivity contribution is 4.98. The maximum absolute atomic E-state index is 6.11. The average molecular weight is 270 g/mol. The zero-order valence-electron chi connectivity index (χ0n) is 13.0. The molecule has 19 heavy (non-hydrogen) atoms. The first kappa shape index (κ1) is 15.2. The van der Waals surface area contributed by atoms with Gasteiger partial charge in [-0.3, -0.25) is 4.90 Å². The third-order valence-corrected chi connectivity index (χ3v) is 4.22. The average Bonchev–Trinajstić information content (AvgIpc) is 2.54. The molecule has 2 fully saturated rings. The molecule has 0 aromatic heterocycles. The SMILES string of the molecule is CC1(C)CC(NCCCN2CCOCC2)C(C)(C)O1. The van der Waals surface area contributed by atoms with Crippen LogP contribution in [0.25, 0.3) is 0 Å². The number of nitrogens with one attached hydrogen (secondary N) is 1. The van der Waals surface area contributed by atoms with E-state index in [2.05, 4.69) is 37.9 Å². The Morgan fingerprint density at radius 2 is 1.84 bits per heavy atom. The summed E-state index contributed by atoms with van der Waals surface area (Å²) in [6.07, 6.45) is 2.30. The lowest BCUT2D eigenvalue weighted by atomic mass is 9.94. The number of hydrogen-bond donors (Lipinski definition) is 1. The van der Waals surface area contributed by atoms with Crippen molar-refractivity contribution in [2.24, 2.45) is 0 Å². The maximum Gasteiger partial charge on any atom is 0.0787 e. The second-order valence-corrected chi connectivity index (χ2v) is 6.98. The fraction of sp³-hybridized carbons (Fsp3) is 1.00. The van der Waals surface area contributed by atoms with E-state index in [1.807, 2.05) is 0 Å². The molecule has 0 bridgehead atoms. The van der Waals surface area contributed by atoms with E-state index in [0.717, 1.165) is 39.3 Å². The number of morpholine rings is 1. The molecule has 2 aliphatic heterocycles. The molecule has 0 amide bonds. The minimum absolute atomic E-state index is 0.00533. The van der Waals surface area contributed by atoms with Crippen molar-refractivity contribution in [2.45, 2.75) is 57.8 Å². The van der Waals surface area contributed by atoms with Gasteiger partial charge in [-0.2, -0.15) is 0 Å². The van der Waals surface area contributed by atoms with Crippen LogP contribution in [0.15, 0.2) is 0 Å². The van der Waals surface area contributed by atoms with Crippen LogP contribution in [0.4, 0.5) is 0 Å². The van der Waals surface area contributed by atoms with Crippen molar-refractivity contribution in [1.29, 1.82) is 0 Å². The van der Waals surface area contributed by atoms with Crippen LogP contribution >= 0.6 is 0 Å².